The molecule has 6 heteroatoms. The van der Waals surface area contributed by atoms with Crippen LogP contribution < -0.4 is 5.73 Å². The molecule has 0 amide bonds. The van der Waals surface area contributed by atoms with E-state index in [9.17, 15) is 0 Å². The summed E-state index contributed by atoms with van der Waals surface area (Å²) < 4.78 is 6.58. The number of nitrogens with two attached hydrogens (primary N) is 1. The number of fused-ring (bicyclic) bond motifs is 1. The summed E-state index contributed by atoms with van der Waals surface area (Å²) in [6.45, 7) is 0.565. The Bertz CT molecular complexity index is 723. The van der Waals surface area contributed by atoms with Crippen LogP contribution in [0.3, 0.4) is 0 Å². The maximum absolute atomic E-state index is 5.93. The maximum atomic E-state index is 5.93. The quantitative estimate of drug-likeness (QED) is 0.777. The van der Waals surface area contributed by atoms with Gasteiger partial charge < -0.3 is 10.5 Å². The normalized spacial score (nSPS) is 11.1. The minimum absolute atomic E-state index is 0.336. The average molecular weight is 269 g/mol. The van der Waals surface area contributed by atoms with Gasteiger partial charge in [0.2, 0.25) is 5.95 Å². The van der Waals surface area contributed by atoms with E-state index < -0.39 is 0 Å². The van der Waals surface area contributed by atoms with Crippen molar-refractivity contribution in [3.8, 4) is 11.3 Å². The predicted molar refractivity (Wildman–Crippen MR) is 76.2 cm³/mol. The van der Waals surface area contributed by atoms with E-state index in [1.54, 1.807) is 11.6 Å². The fraction of sp³-hybridized carbons (Fsp3) is 0.214. The van der Waals surface area contributed by atoms with Gasteiger partial charge in [-0.05, 0) is 0 Å². The van der Waals surface area contributed by atoms with Gasteiger partial charge in [-0.2, -0.15) is 14.6 Å². The highest BCUT2D eigenvalue weighted by Gasteiger charge is 2.10. The second kappa shape index (κ2) is 5.26. The number of ether oxygens (including phenoxy) is 1. The smallest absolute Gasteiger partial charge is 0.224 e. The molecule has 0 unspecified atom stereocenters. The standard InChI is InChI=1S/C14H15N5O/c1-20-8-7-12-16-13-9-11(10-5-3-2-4-6-10)18-19(13)14(15)17-12/h2-6,9H,7-8H2,1H3,(H2,15,16,17). The summed E-state index contributed by atoms with van der Waals surface area (Å²) in [6, 6.07) is 11.8. The lowest BCUT2D eigenvalue weighted by atomic mass is 10.2. The van der Waals surface area contributed by atoms with E-state index in [0.717, 1.165) is 11.3 Å². The lowest BCUT2D eigenvalue weighted by molar-refractivity contribution is 0.200. The Hall–Kier alpha value is -2.47. The molecule has 20 heavy (non-hydrogen) atoms. The van der Waals surface area contributed by atoms with Crippen LogP contribution in [-0.2, 0) is 11.2 Å². The first kappa shape index (κ1) is 12.6. The van der Waals surface area contributed by atoms with Gasteiger partial charge in [0, 0.05) is 25.2 Å². The molecule has 0 bridgehead atoms. The van der Waals surface area contributed by atoms with Crippen LogP contribution in [0.5, 0.6) is 0 Å². The number of methoxy groups -OCH3 is 1. The number of hydrogen-bond donors (Lipinski definition) is 1. The first-order chi connectivity index (χ1) is 9.78. The highest BCUT2D eigenvalue weighted by Crippen LogP contribution is 2.19. The minimum Gasteiger partial charge on any atom is -0.384 e. The number of aromatic nitrogens is 4. The van der Waals surface area contributed by atoms with Crippen molar-refractivity contribution in [2.24, 2.45) is 0 Å². The summed E-state index contributed by atoms with van der Waals surface area (Å²) in [5.41, 5.74) is 8.48. The van der Waals surface area contributed by atoms with E-state index in [0.29, 0.717) is 30.4 Å². The van der Waals surface area contributed by atoms with Crippen molar-refractivity contribution in [3.63, 3.8) is 0 Å². The number of anilines is 1. The summed E-state index contributed by atoms with van der Waals surface area (Å²) in [5.74, 6) is 1.000. The molecule has 3 rings (SSSR count). The first-order valence-corrected chi connectivity index (χ1v) is 6.34. The average Bonchev–Trinajstić information content (AvgIpc) is 2.91. The van der Waals surface area contributed by atoms with Crippen LogP contribution in [0.4, 0.5) is 5.95 Å². The van der Waals surface area contributed by atoms with Crippen LogP contribution in [0.1, 0.15) is 5.82 Å². The molecule has 2 N–H and O–H groups in total. The summed E-state index contributed by atoms with van der Waals surface area (Å²) in [7, 11) is 1.65. The van der Waals surface area contributed by atoms with Crippen LogP contribution >= 0.6 is 0 Å². The topological polar surface area (TPSA) is 78.3 Å². The summed E-state index contributed by atoms with van der Waals surface area (Å²) in [5, 5.41) is 4.44. The predicted octanol–water partition coefficient (Wildman–Crippen LogP) is 1.56. The highest BCUT2D eigenvalue weighted by atomic mass is 16.5. The van der Waals surface area contributed by atoms with E-state index in [1.807, 2.05) is 36.4 Å². The molecule has 0 saturated carbocycles. The second-order valence-electron chi connectivity index (χ2n) is 4.41. The fourth-order valence-electron chi connectivity index (χ4n) is 2.01. The molecule has 0 atom stereocenters. The van der Waals surface area contributed by atoms with Crippen LogP contribution in [0, 0.1) is 0 Å². The molecule has 2 heterocycles. The molecule has 2 aromatic heterocycles. The van der Waals surface area contributed by atoms with Crippen molar-refractivity contribution in [3.05, 3.63) is 42.2 Å². The molecule has 0 saturated heterocycles. The van der Waals surface area contributed by atoms with Gasteiger partial charge in [-0.15, -0.1) is 0 Å². The van der Waals surface area contributed by atoms with Crippen molar-refractivity contribution < 1.29 is 4.74 Å². The Morgan fingerprint density at radius 2 is 2.00 bits per heavy atom. The van der Waals surface area contributed by atoms with Gasteiger partial charge in [0.15, 0.2) is 5.65 Å². The Morgan fingerprint density at radius 1 is 1.20 bits per heavy atom. The maximum Gasteiger partial charge on any atom is 0.224 e. The Kier molecular flexibility index (Phi) is 3.30. The largest absolute Gasteiger partial charge is 0.384 e. The first-order valence-electron chi connectivity index (χ1n) is 6.34. The number of nitrogens with zero attached hydrogens (tertiary/aromatic N) is 4. The molecule has 0 aliphatic carbocycles. The number of hydrogen-bond acceptors (Lipinski definition) is 5. The third kappa shape index (κ3) is 2.33. The van der Waals surface area contributed by atoms with E-state index in [1.165, 1.54) is 0 Å². The van der Waals surface area contributed by atoms with Gasteiger partial charge >= 0.3 is 0 Å². The highest BCUT2D eigenvalue weighted by molar-refractivity contribution is 5.64. The number of rotatable bonds is 4. The van der Waals surface area contributed by atoms with Gasteiger partial charge in [0.1, 0.15) is 5.82 Å². The van der Waals surface area contributed by atoms with Crippen molar-refractivity contribution in [2.75, 3.05) is 19.5 Å². The molecular weight excluding hydrogens is 254 g/mol. The molecule has 3 aromatic rings. The van der Waals surface area contributed by atoms with E-state index >= 15 is 0 Å². The lowest BCUT2D eigenvalue weighted by Gasteiger charge is -2.02. The number of nitrogen functional groups attached to an aromatic ring is 1. The van der Waals surface area contributed by atoms with Crippen molar-refractivity contribution in [1.82, 2.24) is 19.6 Å². The zero-order valence-electron chi connectivity index (χ0n) is 11.2. The second-order valence-corrected chi connectivity index (χ2v) is 4.41. The zero-order valence-corrected chi connectivity index (χ0v) is 11.2. The lowest BCUT2D eigenvalue weighted by Crippen LogP contribution is -2.09. The van der Waals surface area contributed by atoms with Crippen LogP contribution in [0.25, 0.3) is 16.9 Å². The molecule has 0 fully saturated rings. The van der Waals surface area contributed by atoms with E-state index in [4.69, 9.17) is 10.5 Å². The van der Waals surface area contributed by atoms with Gasteiger partial charge in [-0.3, -0.25) is 0 Å². The zero-order chi connectivity index (χ0) is 13.9. The van der Waals surface area contributed by atoms with Gasteiger partial charge in [0.05, 0.1) is 12.3 Å². The third-order valence-electron chi connectivity index (χ3n) is 2.99. The summed E-state index contributed by atoms with van der Waals surface area (Å²) >= 11 is 0. The summed E-state index contributed by atoms with van der Waals surface area (Å²) in [6.07, 6.45) is 0.628. The SMILES string of the molecule is COCCc1nc(N)n2nc(-c3ccccc3)cc2n1. The van der Waals surface area contributed by atoms with Crippen LogP contribution in [-0.4, -0.2) is 33.3 Å². The molecule has 6 nitrogen and oxygen atoms in total. The third-order valence-corrected chi connectivity index (χ3v) is 2.99. The monoisotopic (exact) mass is 269 g/mol. The van der Waals surface area contributed by atoms with Crippen LogP contribution in [0.2, 0.25) is 0 Å². The molecular formula is C14H15N5O. The molecule has 0 spiro atoms. The Balaban J connectivity index is 2.04. The van der Waals surface area contributed by atoms with E-state index in [-0.39, 0.29) is 0 Å². The van der Waals surface area contributed by atoms with Crippen LogP contribution in [0.15, 0.2) is 36.4 Å². The molecule has 0 aliphatic heterocycles. The van der Waals surface area contributed by atoms with Crippen molar-refractivity contribution in [2.45, 2.75) is 6.42 Å². The van der Waals surface area contributed by atoms with Crippen molar-refractivity contribution in [1.29, 1.82) is 0 Å². The Labute approximate surface area is 116 Å². The Morgan fingerprint density at radius 3 is 2.75 bits per heavy atom. The molecule has 0 radical (unpaired) electrons. The van der Waals surface area contributed by atoms with Gasteiger partial charge in [0.25, 0.3) is 0 Å². The summed E-state index contributed by atoms with van der Waals surface area (Å²) in [4.78, 5) is 8.68. The van der Waals surface area contributed by atoms with Gasteiger partial charge in [-0.25, -0.2) is 4.98 Å². The van der Waals surface area contributed by atoms with Crippen molar-refractivity contribution >= 4 is 11.6 Å². The molecule has 0 aliphatic rings. The number of benzene rings is 1. The molecule has 102 valence electrons. The molecule has 1 aromatic carbocycles. The van der Waals surface area contributed by atoms with E-state index in [2.05, 4.69) is 15.1 Å². The van der Waals surface area contributed by atoms with Gasteiger partial charge in [-0.1, -0.05) is 30.3 Å². The fourth-order valence-corrected chi connectivity index (χ4v) is 2.01. The minimum atomic E-state index is 0.336.